The van der Waals surface area contributed by atoms with Crippen molar-refractivity contribution in [2.45, 2.75) is 0 Å². The molecule has 0 fully saturated rings. The first-order valence-corrected chi connectivity index (χ1v) is 0. The van der Waals surface area contributed by atoms with Gasteiger partial charge >= 0.3 is 60.8 Å². The van der Waals surface area contributed by atoms with E-state index in [2.05, 4.69) is 0 Å². The molecule has 4 heteroatoms. The van der Waals surface area contributed by atoms with Crippen molar-refractivity contribution in [1.82, 2.24) is 0 Å². The van der Waals surface area contributed by atoms with Gasteiger partial charge in [0.2, 0.25) is 0 Å². The summed E-state index contributed by atoms with van der Waals surface area (Å²) < 4.78 is 0. The van der Waals surface area contributed by atoms with Gasteiger partial charge in [-0.05, 0) is 0 Å². The number of hydrogen-bond acceptors (Lipinski definition) is 0. The summed E-state index contributed by atoms with van der Waals surface area (Å²) in [6.07, 6.45) is 0. The zero-order chi connectivity index (χ0) is 0. The van der Waals surface area contributed by atoms with Gasteiger partial charge in [0.05, 0.1) is 0 Å². The van der Waals surface area contributed by atoms with Gasteiger partial charge in [0.25, 0.3) is 0 Å². The number of hydrogen-bond donors (Lipinski definition) is 0. The van der Waals surface area contributed by atoms with Crippen LogP contribution in [0.2, 0.25) is 0 Å². The minimum atomic E-state index is 0. The first-order chi connectivity index (χ1) is 0. The third kappa shape index (κ3) is 9.04. The monoisotopic (exact) mass is 329 g/mol. The summed E-state index contributed by atoms with van der Waals surface area (Å²) in [5, 5.41) is 0. The molecule has 21 valence electrons. The summed E-state index contributed by atoms with van der Waals surface area (Å²) in [6.45, 7) is 0. The molecule has 0 aliphatic heterocycles. The Balaban J connectivity index is 0. The largest absolute Gasteiger partial charge is 2.00 e. The topological polar surface area (TPSA) is 0 Å². The van der Waals surface area contributed by atoms with E-state index in [1.807, 2.05) is 0 Å². The van der Waals surface area contributed by atoms with Crippen molar-refractivity contribution in [3.63, 3.8) is 0 Å². The van der Waals surface area contributed by atoms with Crippen molar-refractivity contribution >= 4 is 60.8 Å². The van der Waals surface area contributed by atoms with Crippen LogP contribution in [0.5, 0.6) is 0 Å². The van der Waals surface area contributed by atoms with Crippen LogP contribution in [0, 0.1) is 0 Å². The maximum atomic E-state index is 0. The minimum absolute atomic E-state index is 0. The normalized spacial score (nSPS) is 0. The molecule has 0 N–H and O–H groups in total. The second-order valence-electron chi connectivity index (χ2n) is 0. The Hall–Kier alpha value is 3.39. The zero-order valence-electron chi connectivity index (χ0n) is 6.42. The Morgan fingerprint density at radius 3 is 1.25 bits per heavy atom. The molecule has 0 aromatic rings. The van der Waals surface area contributed by atoms with Gasteiger partial charge in [-0.15, -0.1) is 0 Å². The molecular formula is H4AuCaMgZn. The molecule has 0 saturated heterocycles. The van der Waals surface area contributed by atoms with E-state index in [4.69, 9.17) is 0 Å². The molecular weight excluding hydrogens is 327 g/mol. The Bertz CT molecular complexity index is 16.0. The maximum absolute atomic E-state index is 0. The molecule has 1 radical (unpaired) electrons. The third-order valence-electron chi connectivity index (χ3n) is 0. The van der Waals surface area contributed by atoms with Crippen LogP contribution in [0.1, 0.15) is 5.71 Å². The van der Waals surface area contributed by atoms with Crippen molar-refractivity contribution in [1.29, 1.82) is 0 Å². The van der Waals surface area contributed by atoms with Gasteiger partial charge in [-0.3, -0.25) is 0 Å². The molecule has 0 bridgehead atoms. The smallest absolute Gasteiger partial charge is 1.00 e. The van der Waals surface area contributed by atoms with Gasteiger partial charge in [0.15, 0.2) is 0 Å². The van der Waals surface area contributed by atoms with E-state index in [0.717, 1.165) is 0 Å². The van der Waals surface area contributed by atoms with Crippen LogP contribution in [0.3, 0.4) is 0 Å². The number of rotatable bonds is 0. The van der Waals surface area contributed by atoms with E-state index in [-0.39, 0.29) is 108 Å². The second kappa shape index (κ2) is 16.2. The Kier molecular flexibility index (Phi) is 106. The van der Waals surface area contributed by atoms with Crippen LogP contribution < -0.4 is 0 Å². The van der Waals surface area contributed by atoms with E-state index in [9.17, 15) is 0 Å². The van der Waals surface area contributed by atoms with Gasteiger partial charge in [0, 0.05) is 41.9 Å². The average molecular weight is 331 g/mol. The van der Waals surface area contributed by atoms with Gasteiger partial charge < -0.3 is 5.71 Å². The molecule has 0 unspecified atom stereocenters. The predicted octanol–water partition coefficient (Wildman–Crippen LogP) is -0.317. The summed E-state index contributed by atoms with van der Waals surface area (Å²) in [5.41, 5.74) is 0. The molecule has 4 heavy (non-hydrogen) atoms. The fourth-order valence-corrected chi connectivity index (χ4v) is 0. The fraction of sp³-hybridized carbons (Fsp3) is 0. The third-order valence-corrected chi connectivity index (χ3v) is 0. The summed E-state index contributed by atoms with van der Waals surface area (Å²) in [4.78, 5) is 0. The molecule has 0 rings (SSSR count). The fourth-order valence-electron chi connectivity index (χ4n) is 0. The van der Waals surface area contributed by atoms with Crippen molar-refractivity contribution < 1.29 is 47.6 Å². The molecule has 0 saturated carbocycles. The Labute approximate surface area is 106 Å². The molecule has 0 spiro atoms. The SMILES string of the molecule is [Au].[Ca+2].[H-].[H-].[H-].[H-].[Mg+2].[Zn]. The molecule has 0 aromatic carbocycles. The predicted molar refractivity (Wildman–Crippen MR) is 16.0 cm³/mol. The van der Waals surface area contributed by atoms with Crippen molar-refractivity contribution in [2.24, 2.45) is 0 Å². The standard InChI is InChI=1S/Au.Ca.Mg.Zn.4H/q;2*+2;;4*-1. The first kappa shape index (κ1) is 26.3. The second-order valence-corrected chi connectivity index (χ2v) is 0. The van der Waals surface area contributed by atoms with E-state index >= 15 is 0 Å². The summed E-state index contributed by atoms with van der Waals surface area (Å²) in [6, 6.07) is 0. The van der Waals surface area contributed by atoms with E-state index in [0.29, 0.717) is 0 Å². The van der Waals surface area contributed by atoms with E-state index in [1.54, 1.807) is 0 Å². The van der Waals surface area contributed by atoms with Crippen LogP contribution in [-0.2, 0) is 41.9 Å². The molecule has 0 amide bonds. The Morgan fingerprint density at radius 1 is 1.25 bits per heavy atom. The van der Waals surface area contributed by atoms with E-state index < -0.39 is 0 Å². The van der Waals surface area contributed by atoms with Gasteiger partial charge in [-0.25, -0.2) is 0 Å². The van der Waals surface area contributed by atoms with Gasteiger partial charge in [0.1, 0.15) is 0 Å². The average Bonchev–Trinajstić information content (AvgIpc) is 0. The van der Waals surface area contributed by atoms with Crippen molar-refractivity contribution in [3.8, 4) is 0 Å². The van der Waals surface area contributed by atoms with Gasteiger partial charge in [-0.1, -0.05) is 0 Å². The van der Waals surface area contributed by atoms with Crippen LogP contribution in [0.25, 0.3) is 0 Å². The van der Waals surface area contributed by atoms with Crippen LogP contribution in [-0.4, -0.2) is 60.8 Å². The summed E-state index contributed by atoms with van der Waals surface area (Å²) in [5.74, 6) is 0. The molecule has 0 atom stereocenters. The zero-order valence-corrected chi connectivity index (χ0v) is 11.2. The van der Waals surface area contributed by atoms with Crippen LogP contribution in [0.4, 0.5) is 0 Å². The van der Waals surface area contributed by atoms with Crippen molar-refractivity contribution in [3.05, 3.63) is 0 Å². The summed E-state index contributed by atoms with van der Waals surface area (Å²) >= 11 is 0. The first-order valence-electron chi connectivity index (χ1n) is 0. The Morgan fingerprint density at radius 2 is 1.25 bits per heavy atom. The van der Waals surface area contributed by atoms with Crippen molar-refractivity contribution in [2.75, 3.05) is 0 Å². The molecule has 0 nitrogen and oxygen atoms in total. The minimum Gasteiger partial charge on any atom is -1.00 e. The van der Waals surface area contributed by atoms with E-state index in [1.165, 1.54) is 0 Å². The molecule has 0 heterocycles. The van der Waals surface area contributed by atoms with Gasteiger partial charge in [-0.2, -0.15) is 0 Å². The maximum Gasteiger partial charge on any atom is 2.00 e. The molecule has 0 aliphatic rings. The van der Waals surface area contributed by atoms with Crippen LogP contribution >= 0.6 is 0 Å². The quantitative estimate of drug-likeness (QED) is 0.534. The molecule has 0 aliphatic carbocycles. The van der Waals surface area contributed by atoms with Crippen LogP contribution in [0.15, 0.2) is 0 Å². The molecule has 0 aromatic heterocycles. The summed E-state index contributed by atoms with van der Waals surface area (Å²) in [7, 11) is 0.